The summed E-state index contributed by atoms with van der Waals surface area (Å²) in [6, 6.07) is 0.746. The van der Waals surface area contributed by atoms with Crippen LogP contribution in [0.25, 0.3) is 0 Å². The summed E-state index contributed by atoms with van der Waals surface area (Å²) in [6.45, 7) is 9.15. The summed E-state index contributed by atoms with van der Waals surface area (Å²) in [4.78, 5) is 4.44. The Hall–Kier alpha value is -0.730. The van der Waals surface area contributed by atoms with Gasteiger partial charge in [0.25, 0.3) is 6.02 Å². The Kier molecular flexibility index (Phi) is 11.8. The minimum atomic E-state index is 0.746. The van der Waals surface area contributed by atoms with Crippen LogP contribution in [0.1, 0.15) is 59.3 Å². The lowest BCUT2D eigenvalue weighted by atomic mass is 10.3. The third-order valence-electron chi connectivity index (χ3n) is 2.31. The lowest BCUT2D eigenvalue weighted by molar-refractivity contribution is 0.280. The van der Waals surface area contributed by atoms with Crippen molar-refractivity contribution >= 4 is 6.02 Å². The molecule has 0 aliphatic carbocycles. The fourth-order valence-electron chi connectivity index (χ4n) is 1.18. The molecule has 0 aromatic carbocycles. The lowest BCUT2D eigenvalue weighted by Crippen LogP contribution is -2.28. The molecule has 0 unspecified atom stereocenters. The molecule has 0 radical (unpaired) electrons. The molecule has 3 nitrogen and oxygen atoms in total. The zero-order valence-corrected chi connectivity index (χ0v) is 11.2. The predicted octanol–water partition coefficient (Wildman–Crippen LogP) is 3.35. The van der Waals surface area contributed by atoms with Crippen LogP contribution in [0.3, 0.4) is 0 Å². The molecule has 0 amide bonds. The van der Waals surface area contributed by atoms with Crippen molar-refractivity contribution in [2.24, 2.45) is 4.99 Å². The van der Waals surface area contributed by atoms with Gasteiger partial charge in [-0.25, -0.2) is 4.99 Å². The van der Waals surface area contributed by atoms with Crippen LogP contribution >= 0.6 is 0 Å². The molecule has 0 saturated carbocycles. The van der Waals surface area contributed by atoms with Crippen molar-refractivity contribution in [2.75, 3.05) is 19.7 Å². The standard InChI is InChI=1S/C13H28N2O/c1-4-7-10-14-13(15-11-8-5-2)16-12-9-6-3/h4-12H2,1-3H3,(H,14,15). The zero-order chi connectivity index (χ0) is 12.1. The SMILES string of the molecule is CCCC/N=C(/NCCCC)OCCCC. The van der Waals surface area contributed by atoms with Gasteiger partial charge in [0.15, 0.2) is 0 Å². The zero-order valence-electron chi connectivity index (χ0n) is 11.2. The Labute approximate surface area is 101 Å². The number of rotatable bonds is 9. The number of hydrogen-bond donors (Lipinski definition) is 1. The van der Waals surface area contributed by atoms with Gasteiger partial charge in [0, 0.05) is 13.1 Å². The maximum Gasteiger partial charge on any atom is 0.284 e. The minimum Gasteiger partial charge on any atom is -0.465 e. The number of aliphatic imine (C=N–C) groups is 1. The monoisotopic (exact) mass is 228 g/mol. The average molecular weight is 228 g/mol. The molecule has 0 rings (SSSR count). The van der Waals surface area contributed by atoms with E-state index in [0.29, 0.717) is 0 Å². The summed E-state index contributed by atoms with van der Waals surface area (Å²) < 4.78 is 5.61. The molecule has 3 heteroatoms. The van der Waals surface area contributed by atoms with E-state index in [9.17, 15) is 0 Å². The first kappa shape index (κ1) is 15.3. The van der Waals surface area contributed by atoms with Gasteiger partial charge in [-0.2, -0.15) is 0 Å². The average Bonchev–Trinajstić information content (AvgIpc) is 2.29. The highest BCUT2D eigenvalue weighted by atomic mass is 16.5. The minimum absolute atomic E-state index is 0.746. The van der Waals surface area contributed by atoms with E-state index in [4.69, 9.17) is 4.74 Å². The second kappa shape index (κ2) is 12.3. The molecule has 0 atom stereocenters. The van der Waals surface area contributed by atoms with Crippen molar-refractivity contribution in [1.29, 1.82) is 0 Å². The first-order chi connectivity index (χ1) is 7.85. The topological polar surface area (TPSA) is 33.6 Å². The van der Waals surface area contributed by atoms with Crippen molar-refractivity contribution in [1.82, 2.24) is 5.32 Å². The highest BCUT2D eigenvalue weighted by Gasteiger charge is 1.98. The molecule has 0 aromatic heterocycles. The number of ether oxygens (including phenoxy) is 1. The fraction of sp³-hybridized carbons (Fsp3) is 0.923. The number of amidine groups is 1. The summed E-state index contributed by atoms with van der Waals surface area (Å²) in [6.07, 6.45) is 6.95. The van der Waals surface area contributed by atoms with Crippen molar-refractivity contribution in [3.05, 3.63) is 0 Å². The van der Waals surface area contributed by atoms with E-state index in [0.717, 1.165) is 45.0 Å². The van der Waals surface area contributed by atoms with Crippen LogP contribution in [0.4, 0.5) is 0 Å². The van der Waals surface area contributed by atoms with Crippen LogP contribution in [0.2, 0.25) is 0 Å². The molecular formula is C13H28N2O. The Bertz CT molecular complexity index is 157. The number of nitrogens with zero attached hydrogens (tertiary/aromatic N) is 1. The van der Waals surface area contributed by atoms with E-state index in [1.54, 1.807) is 0 Å². The Morgan fingerprint density at radius 2 is 1.69 bits per heavy atom. The molecule has 0 spiro atoms. The second-order valence-corrected chi connectivity index (χ2v) is 4.02. The van der Waals surface area contributed by atoms with Crippen molar-refractivity contribution < 1.29 is 4.74 Å². The van der Waals surface area contributed by atoms with E-state index in [1.807, 2.05) is 0 Å². The molecular weight excluding hydrogens is 200 g/mol. The third kappa shape index (κ3) is 9.81. The number of nitrogens with one attached hydrogen (secondary N) is 1. The quantitative estimate of drug-likeness (QED) is 0.373. The summed E-state index contributed by atoms with van der Waals surface area (Å²) in [7, 11) is 0. The van der Waals surface area contributed by atoms with Crippen LogP contribution in [0.5, 0.6) is 0 Å². The van der Waals surface area contributed by atoms with Gasteiger partial charge < -0.3 is 10.1 Å². The van der Waals surface area contributed by atoms with E-state index in [2.05, 4.69) is 31.1 Å². The Balaban J connectivity index is 3.79. The largest absolute Gasteiger partial charge is 0.465 e. The first-order valence-electron chi connectivity index (χ1n) is 6.76. The first-order valence-corrected chi connectivity index (χ1v) is 6.76. The normalized spacial score (nSPS) is 11.6. The summed E-state index contributed by atoms with van der Waals surface area (Å²) in [5.41, 5.74) is 0. The van der Waals surface area contributed by atoms with Gasteiger partial charge in [-0.3, -0.25) is 0 Å². The Morgan fingerprint density at radius 1 is 1.00 bits per heavy atom. The van der Waals surface area contributed by atoms with Crippen molar-refractivity contribution in [3.63, 3.8) is 0 Å². The number of unbranched alkanes of at least 4 members (excludes halogenated alkanes) is 3. The summed E-state index contributed by atoms with van der Waals surface area (Å²) in [5.74, 6) is 0. The van der Waals surface area contributed by atoms with Crippen LogP contribution in [0.15, 0.2) is 4.99 Å². The highest BCUT2D eigenvalue weighted by Crippen LogP contribution is 1.93. The summed E-state index contributed by atoms with van der Waals surface area (Å²) in [5, 5.41) is 3.27. The van der Waals surface area contributed by atoms with Gasteiger partial charge in [-0.05, 0) is 19.3 Å². The molecule has 1 N–H and O–H groups in total. The van der Waals surface area contributed by atoms with Gasteiger partial charge in [0.1, 0.15) is 0 Å². The fourth-order valence-corrected chi connectivity index (χ4v) is 1.18. The van der Waals surface area contributed by atoms with Crippen LogP contribution in [-0.4, -0.2) is 25.7 Å². The maximum atomic E-state index is 5.61. The molecule has 0 aliphatic rings. The molecule has 96 valence electrons. The molecule has 16 heavy (non-hydrogen) atoms. The smallest absolute Gasteiger partial charge is 0.284 e. The van der Waals surface area contributed by atoms with Crippen LogP contribution in [0, 0.1) is 0 Å². The molecule has 0 saturated heterocycles. The van der Waals surface area contributed by atoms with Crippen molar-refractivity contribution in [3.8, 4) is 0 Å². The number of hydrogen-bond acceptors (Lipinski definition) is 2. The van der Waals surface area contributed by atoms with Gasteiger partial charge >= 0.3 is 0 Å². The lowest BCUT2D eigenvalue weighted by Gasteiger charge is -2.10. The predicted molar refractivity (Wildman–Crippen MR) is 71.0 cm³/mol. The second-order valence-electron chi connectivity index (χ2n) is 4.02. The van der Waals surface area contributed by atoms with Gasteiger partial charge in [0.2, 0.25) is 0 Å². The summed E-state index contributed by atoms with van der Waals surface area (Å²) >= 11 is 0. The van der Waals surface area contributed by atoms with Gasteiger partial charge in [0.05, 0.1) is 6.61 Å². The van der Waals surface area contributed by atoms with Crippen LogP contribution < -0.4 is 5.32 Å². The molecule has 0 aliphatic heterocycles. The molecule has 0 bridgehead atoms. The Morgan fingerprint density at radius 3 is 2.31 bits per heavy atom. The highest BCUT2D eigenvalue weighted by molar-refractivity contribution is 5.73. The van der Waals surface area contributed by atoms with E-state index in [-0.39, 0.29) is 0 Å². The van der Waals surface area contributed by atoms with Crippen molar-refractivity contribution in [2.45, 2.75) is 59.3 Å². The molecule has 0 aromatic rings. The van der Waals surface area contributed by atoms with E-state index in [1.165, 1.54) is 19.3 Å². The molecule has 0 heterocycles. The van der Waals surface area contributed by atoms with Crippen LogP contribution in [-0.2, 0) is 4.74 Å². The van der Waals surface area contributed by atoms with E-state index < -0.39 is 0 Å². The molecule has 0 fully saturated rings. The third-order valence-corrected chi connectivity index (χ3v) is 2.31. The van der Waals surface area contributed by atoms with Gasteiger partial charge in [-0.1, -0.05) is 40.0 Å². The van der Waals surface area contributed by atoms with E-state index >= 15 is 0 Å². The van der Waals surface area contributed by atoms with Gasteiger partial charge in [-0.15, -0.1) is 0 Å². The maximum absolute atomic E-state index is 5.61.